The zero-order valence-electron chi connectivity index (χ0n) is 11.7. The third kappa shape index (κ3) is 4.36. The fourth-order valence-corrected chi connectivity index (χ4v) is 1.71. The van der Waals surface area contributed by atoms with Gasteiger partial charge in [0.1, 0.15) is 5.54 Å². The topological polar surface area (TPSA) is 88.2 Å². The van der Waals surface area contributed by atoms with Crippen molar-refractivity contribution in [3.8, 4) is 11.8 Å². The highest BCUT2D eigenvalue weighted by atomic mass is 19.1. The van der Waals surface area contributed by atoms with Gasteiger partial charge in [-0.15, -0.1) is 0 Å². The predicted molar refractivity (Wildman–Crippen MR) is 70.8 cm³/mol. The Balaban J connectivity index is 2.75. The van der Waals surface area contributed by atoms with Gasteiger partial charge in [0.25, 0.3) is 0 Å². The van der Waals surface area contributed by atoms with Crippen LogP contribution in [0, 0.1) is 33.1 Å². The molecule has 0 aliphatic rings. The summed E-state index contributed by atoms with van der Waals surface area (Å²) in [5.41, 5.74) is -1.79. The van der Waals surface area contributed by atoms with E-state index in [2.05, 4.69) is 11.4 Å². The number of ether oxygens (including phenoxy) is 1. The first-order chi connectivity index (χ1) is 9.83. The highest BCUT2D eigenvalue weighted by Gasteiger charge is 2.23. The van der Waals surface area contributed by atoms with Gasteiger partial charge in [-0.25, -0.2) is 4.39 Å². The quantitative estimate of drug-likeness (QED) is 0.617. The van der Waals surface area contributed by atoms with E-state index < -0.39 is 33.5 Å². The second-order valence-electron chi connectivity index (χ2n) is 4.56. The molecule has 0 aliphatic heterocycles. The van der Waals surface area contributed by atoms with Crippen molar-refractivity contribution in [3.63, 3.8) is 0 Å². The van der Waals surface area contributed by atoms with Crippen molar-refractivity contribution < 1.29 is 18.4 Å². The van der Waals surface area contributed by atoms with Crippen molar-refractivity contribution in [2.24, 2.45) is 0 Å². The maximum Gasteiger partial charge on any atom is 0.307 e. The lowest BCUT2D eigenvalue weighted by atomic mass is 10.0. The monoisotopic (exact) mass is 299 g/mol. The summed E-state index contributed by atoms with van der Waals surface area (Å²) in [4.78, 5) is 9.44. The molecule has 0 saturated carbocycles. The van der Waals surface area contributed by atoms with Crippen LogP contribution < -0.4 is 10.1 Å². The summed E-state index contributed by atoms with van der Waals surface area (Å²) in [5.74, 6) is -2.62. The van der Waals surface area contributed by atoms with Gasteiger partial charge in [-0.1, -0.05) is 6.92 Å². The summed E-state index contributed by atoms with van der Waals surface area (Å²) in [6.45, 7) is 4.03. The van der Waals surface area contributed by atoms with E-state index in [4.69, 9.17) is 10.00 Å². The van der Waals surface area contributed by atoms with Gasteiger partial charge < -0.3 is 4.74 Å². The van der Waals surface area contributed by atoms with E-state index in [1.54, 1.807) is 6.92 Å². The van der Waals surface area contributed by atoms with Gasteiger partial charge in [0.15, 0.2) is 11.6 Å². The fourth-order valence-electron chi connectivity index (χ4n) is 1.71. The molecule has 0 amide bonds. The first kappa shape index (κ1) is 16.8. The number of nitrogens with zero attached hydrogens (tertiary/aromatic N) is 2. The number of rotatable bonds is 7. The molecule has 1 rings (SSSR count). The lowest BCUT2D eigenvalue weighted by Gasteiger charge is -2.22. The molecule has 114 valence electrons. The number of hydrogen-bond acceptors (Lipinski definition) is 5. The molecule has 0 fully saturated rings. The lowest BCUT2D eigenvalue weighted by Crippen LogP contribution is -2.42. The molecule has 6 nitrogen and oxygen atoms in total. The van der Waals surface area contributed by atoms with Gasteiger partial charge in [0.05, 0.1) is 23.7 Å². The van der Waals surface area contributed by atoms with Crippen molar-refractivity contribution in [1.82, 2.24) is 5.32 Å². The standard InChI is InChI=1S/C13H15F2N3O3/c1-3-17-13(2,8-16)4-5-21-12-7-9(14)11(18(19)20)6-10(12)15/h6-7,17H,3-5H2,1-2H3. The number of nitriles is 1. The molecule has 0 radical (unpaired) electrons. The van der Waals surface area contributed by atoms with Crippen LogP contribution >= 0.6 is 0 Å². The first-order valence-electron chi connectivity index (χ1n) is 6.25. The maximum atomic E-state index is 13.6. The number of benzene rings is 1. The van der Waals surface area contributed by atoms with Gasteiger partial charge in [0, 0.05) is 12.5 Å². The van der Waals surface area contributed by atoms with Crippen molar-refractivity contribution in [3.05, 3.63) is 33.9 Å². The van der Waals surface area contributed by atoms with E-state index in [1.165, 1.54) is 0 Å². The Kier molecular flexibility index (Phi) is 5.55. The zero-order valence-corrected chi connectivity index (χ0v) is 11.7. The number of halogens is 2. The Hall–Kier alpha value is -2.27. The molecule has 0 heterocycles. The van der Waals surface area contributed by atoms with Gasteiger partial charge in [0.2, 0.25) is 5.82 Å². The van der Waals surface area contributed by atoms with Crippen LogP contribution in [0.5, 0.6) is 5.75 Å². The molecule has 1 aromatic carbocycles. The van der Waals surface area contributed by atoms with Crippen LogP contribution in [0.15, 0.2) is 12.1 Å². The number of hydrogen-bond donors (Lipinski definition) is 1. The molecule has 0 saturated heterocycles. The SMILES string of the molecule is CCNC(C)(C#N)CCOc1cc(F)c([N+](=O)[O-])cc1F. The zero-order chi connectivity index (χ0) is 16.0. The molecule has 21 heavy (non-hydrogen) atoms. The fraction of sp³-hybridized carbons (Fsp3) is 0.462. The molecule has 0 aliphatic carbocycles. The summed E-state index contributed by atoms with van der Waals surface area (Å²) in [5, 5.41) is 22.4. The van der Waals surface area contributed by atoms with Gasteiger partial charge >= 0.3 is 5.69 Å². The Labute approximate surface area is 120 Å². The first-order valence-corrected chi connectivity index (χ1v) is 6.25. The number of nitro benzene ring substituents is 1. The van der Waals surface area contributed by atoms with Gasteiger partial charge in [-0.3, -0.25) is 15.4 Å². The third-order valence-electron chi connectivity index (χ3n) is 2.87. The van der Waals surface area contributed by atoms with E-state index in [-0.39, 0.29) is 13.0 Å². The molecular weight excluding hydrogens is 284 g/mol. The third-order valence-corrected chi connectivity index (χ3v) is 2.87. The highest BCUT2D eigenvalue weighted by molar-refractivity contribution is 5.39. The normalized spacial score (nSPS) is 13.3. The Morgan fingerprint density at radius 3 is 2.67 bits per heavy atom. The number of nitro groups is 1. The lowest BCUT2D eigenvalue weighted by molar-refractivity contribution is -0.387. The second kappa shape index (κ2) is 6.95. The minimum atomic E-state index is -1.17. The van der Waals surface area contributed by atoms with Crippen LogP contribution in [0.1, 0.15) is 20.3 Å². The molecule has 0 aromatic heterocycles. The van der Waals surface area contributed by atoms with E-state index in [9.17, 15) is 18.9 Å². The molecule has 0 bridgehead atoms. The van der Waals surface area contributed by atoms with Crippen LogP contribution in [0.4, 0.5) is 14.5 Å². The molecule has 0 spiro atoms. The van der Waals surface area contributed by atoms with Crippen LogP contribution in [-0.2, 0) is 0 Å². The molecule has 8 heteroatoms. The molecule has 1 N–H and O–H groups in total. The van der Waals surface area contributed by atoms with Crippen LogP contribution in [0.25, 0.3) is 0 Å². The van der Waals surface area contributed by atoms with Gasteiger partial charge in [-0.05, 0) is 13.5 Å². The minimum Gasteiger partial charge on any atom is -0.490 e. The van der Waals surface area contributed by atoms with Crippen LogP contribution in [-0.4, -0.2) is 23.6 Å². The Bertz CT molecular complexity index is 575. The largest absolute Gasteiger partial charge is 0.490 e. The molecular formula is C13H15F2N3O3. The van der Waals surface area contributed by atoms with Crippen LogP contribution in [0.2, 0.25) is 0 Å². The summed E-state index contributed by atoms with van der Waals surface area (Å²) < 4.78 is 32.0. The summed E-state index contributed by atoms with van der Waals surface area (Å²) in [6, 6.07) is 3.17. The van der Waals surface area contributed by atoms with E-state index in [0.717, 1.165) is 0 Å². The van der Waals surface area contributed by atoms with Crippen molar-refractivity contribution >= 4 is 5.69 Å². The second-order valence-corrected chi connectivity index (χ2v) is 4.56. The van der Waals surface area contributed by atoms with E-state index in [1.807, 2.05) is 6.92 Å². The van der Waals surface area contributed by atoms with Crippen molar-refractivity contribution in [2.45, 2.75) is 25.8 Å². The maximum absolute atomic E-state index is 13.6. The highest BCUT2D eigenvalue weighted by Crippen LogP contribution is 2.26. The molecule has 1 aromatic rings. The average Bonchev–Trinajstić information content (AvgIpc) is 2.42. The average molecular weight is 299 g/mol. The summed E-state index contributed by atoms with van der Waals surface area (Å²) in [7, 11) is 0. The Morgan fingerprint density at radius 1 is 1.48 bits per heavy atom. The Morgan fingerprint density at radius 2 is 2.14 bits per heavy atom. The van der Waals surface area contributed by atoms with Crippen LogP contribution in [0.3, 0.4) is 0 Å². The molecule has 1 unspecified atom stereocenters. The van der Waals surface area contributed by atoms with Crippen molar-refractivity contribution in [1.29, 1.82) is 5.26 Å². The molecule has 1 atom stereocenters. The number of nitrogens with one attached hydrogen (secondary N) is 1. The van der Waals surface area contributed by atoms with E-state index in [0.29, 0.717) is 18.7 Å². The summed E-state index contributed by atoms with van der Waals surface area (Å²) >= 11 is 0. The van der Waals surface area contributed by atoms with Gasteiger partial charge in [-0.2, -0.15) is 9.65 Å². The van der Waals surface area contributed by atoms with E-state index >= 15 is 0 Å². The minimum absolute atomic E-state index is 0.0365. The summed E-state index contributed by atoms with van der Waals surface area (Å²) in [6.07, 6.45) is 0.245. The smallest absolute Gasteiger partial charge is 0.307 e. The predicted octanol–water partition coefficient (Wildman–Crippen LogP) is 2.53. The van der Waals surface area contributed by atoms with Crippen molar-refractivity contribution in [2.75, 3.05) is 13.2 Å².